The minimum atomic E-state index is -1.11. The Balaban J connectivity index is 2.09. The molecule has 0 unspecified atom stereocenters. The maximum absolute atomic E-state index is 11.3. The Kier molecular flexibility index (Phi) is 3.41. The summed E-state index contributed by atoms with van der Waals surface area (Å²) in [4.78, 5) is 11.3. The van der Waals surface area contributed by atoms with Crippen molar-refractivity contribution < 1.29 is 14.6 Å². The number of halogens is 1. The molecule has 0 bridgehead atoms. The number of rotatable bonds is 3. The maximum atomic E-state index is 11.3. The summed E-state index contributed by atoms with van der Waals surface area (Å²) in [5, 5.41) is 18.1. The molecule has 0 saturated carbocycles. The summed E-state index contributed by atoms with van der Waals surface area (Å²) < 4.78 is 5.70. The second kappa shape index (κ2) is 5.38. The number of aromatic carboxylic acids is 1. The smallest absolute Gasteiger partial charge is 0.339 e. The zero-order chi connectivity index (χ0) is 14.8. The Bertz CT molecular complexity index is 831. The van der Waals surface area contributed by atoms with Gasteiger partial charge in [-0.15, -0.1) is 0 Å². The monoisotopic (exact) mass is 300 g/mol. The predicted octanol–water partition coefficient (Wildman–Crippen LogP) is 3.77. The van der Waals surface area contributed by atoms with E-state index in [0.717, 1.165) is 5.39 Å². The van der Waals surface area contributed by atoms with E-state index in [-0.39, 0.29) is 11.3 Å². The molecule has 0 saturated heterocycles. The number of carbonyl (C=O) groups is 1. The van der Waals surface area contributed by atoms with E-state index in [0.29, 0.717) is 16.3 Å². The molecule has 21 heavy (non-hydrogen) atoms. The van der Waals surface area contributed by atoms with Crippen LogP contribution in [0.5, 0.6) is 11.5 Å². The number of fused-ring (bicyclic) bond motifs is 1. The lowest BCUT2D eigenvalue weighted by atomic mass is 10.2. The van der Waals surface area contributed by atoms with Gasteiger partial charge in [0.05, 0.1) is 11.7 Å². The van der Waals surface area contributed by atoms with Gasteiger partial charge in [0.25, 0.3) is 0 Å². The molecule has 5 nitrogen and oxygen atoms in total. The number of hydrogen-bond donors (Lipinski definition) is 1. The van der Waals surface area contributed by atoms with Crippen LogP contribution in [-0.2, 0) is 0 Å². The summed E-state index contributed by atoms with van der Waals surface area (Å²) in [7, 11) is 0. The van der Waals surface area contributed by atoms with Crippen LogP contribution in [-0.4, -0.2) is 21.3 Å². The third kappa shape index (κ3) is 2.64. The number of benzene rings is 2. The third-order valence-electron chi connectivity index (χ3n) is 2.90. The maximum Gasteiger partial charge on any atom is 0.339 e. The molecule has 0 aliphatic rings. The highest BCUT2D eigenvalue weighted by Crippen LogP contribution is 2.31. The topological polar surface area (TPSA) is 72.3 Å². The number of carboxylic acids is 1. The molecular formula is C15H9ClN2O3. The fourth-order valence-corrected chi connectivity index (χ4v) is 2.11. The van der Waals surface area contributed by atoms with Crippen molar-refractivity contribution in [3.63, 3.8) is 0 Å². The largest absolute Gasteiger partial charge is 0.478 e. The van der Waals surface area contributed by atoms with Gasteiger partial charge in [-0.2, -0.15) is 10.2 Å². The van der Waals surface area contributed by atoms with E-state index in [1.807, 2.05) is 18.2 Å². The van der Waals surface area contributed by atoms with Crippen LogP contribution in [0.2, 0.25) is 5.02 Å². The van der Waals surface area contributed by atoms with E-state index in [1.165, 1.54) is 18.3 Å². The molecule has 1 N–H and O–H groups in total. The zero-order valence-corrected chi connectivity index (χ0v) is 11.4. The molecule has 1 heterocycles. The molecule has 0 aliphatic carbocycles. The SMILES string of the molecule is O=C(O)c1cc(Cl)ccc1Oc1cnnc2ccccc12. The molecule has 2 aromatic carbocycles. The van der Waals surface area contributed by atoms with Crippen molar-refractivity contribution in [2.24, 2.45) is 0 Å². The second-order valence-corrected chi connectivity index (χ2v) is 4.71. The van der Waals surface area contributed by atoms with Crippen molar-refractivity contribution in [3.8, 4) is 11.5 Å². The Labute approximate surface area is 124 Å². The first-order chi connectivity index (χ1) is 10.1. The predicted molar refractivity (Wildman–Crippen MR) is 78.0 cm³/mol. The van der Waals surface area contributed by atoms with Gasteiger partial charge in [-0.1, -0.05) is 23.7 Å². The van der Waals surface area contributed by atoms with Crippen molar-refractivity contribution in [1.29, 1.82) is 0 Å². The van der Waals surface area contributed by atoms with Crippen LogP contribution in [0.25, 0.3) is 10.9 Å². The minimum absolute atomic E-state index is 0.0107. The lowest BCUT2D eigenvalue weighted by Gasteiger charge is -2.10. The van der Waals surface area contributed by atoms with Crippen molar-refractivity contribution in [1.82, 2.24) is 10.2 Å². The summed E-state index contributed by atoms with van der Waals surface area (Å²) in [6.45, 7) is 0. The molecule has 3 aromatic rings. The molecule has 6 heteroatoms. The zero-order valence-electron chi connectivity index (χ0n) is 10.7. The molecule has 0 spiro atoms. The van der Waals surface area contributed by atoms with E-state index in [1.54, 1.807) is 12.1 Å². The van der Waals surface area contributed by atoms with Crippen LogP contribution in [0.4, 0.5) is 0 Å². The first-order valence-corrected chi connectivity index (χ1v) is 6.44. The normalized spacial score (nSPS) is 10.5. The van der Waals surface area contributed by atoms with Crippen molar-refractivity contribution in [2.75, 3.05) is 0 Å². The highest BCUT2D eigenvalue weighted by Gasteiger charge is 2.14. The molecule has 1 aromatic heterocycles. The number of nitrogens with zero attached hydrogens (tertiary/aromatic N) is 2. The van der Waals surface area contributed by atoms with E-state index in [4.69, 9.17) is 16.3 Å². The van der Waals surface area contributed by atoms with Crippen LogP contribution < -0.4 is 4.74 Å². The molecule has 0 fully saturated rings. The highest BCUT2D eigenvalue weighted by molar-refractivity contribution is 6.31. The quantitative estimate of drug-likeness (QED) is 0.797. The highest BCUT2D eigenvalue weighted by atomic mass is 35.5. The summed E-state index contributed by atoms with van der Waals surface area (Å²) in [6.07, 6.45) is 1.45. The first kappa shape index (κ1) is 13.3. The number of ether oxygens (including phenoxy) is 1. The van der Waals surface area contributed by atoms with Gasteiger partial charge in [-0.3, -0.25) is 0 Å². The van der Waals surface area contributed by atoms with Crippen molar-refractivity contribution in [3.05, 3.63) is 59.2 Å². The van der Waals surface area contributed by atoms with E-state index in [9.17, 15) is 9.90 Å². The van der Waals surface area contributed by atoms with Crippen LogP contribution >= 0.6 is 11.6 Å². The summed E-state index contributed by atoms with van der Waals surface area (Å²) in [5.74, 6) is -0.478. The summed E-state index contributed by atoms with van der Waals surface area (Å²) in [5.41, 5.74) is 0.657. The second-order valence-electron chi connectivity index (χ2n) is 4.27. The van der Waals surface area contributed by atoms with E-state index >= 15 is 0 Å². The van der Waals surface area contributed by atoms with Crippen LogP contribution in [0.3, 0.4) is 0 Å². The summed E-state index contributed by atoms with van der Waals surface area (Å²) in [6, 6.07) is 11.7. The van der Waals surface area contributed by atoms with Gasteiger partial charge in [0.15, 0.2) is 5.75 Å². The van der Waals surface area contributed by atoms with Gasteiger partial charge >= 0.3 is 5.97 Å². The van der Waals surface area contributed by atoms with Crippen LogP contribution in [0, 0.1) is 0 Å². The molecule has 104 valence electrons. The number of carboxylic acid groups (broad SMARTS) is 1. The summed E-state index contributed by atoms with van der Waals surface area (Å²) >= 11 is 5.82. The molecule has 0 aliphatic heterocycles. The fraction of sp³-hybridized carbons (Fsp3) is 0. The van der Waals surface area contributed by atoms with Gasteiger partial charge in [-0.05, 0) is 30.3 Å². The number of aromatic nitrogens is 2. The van der Waals surface area contributed by atoms with Gasteiger partial charge in [0.1, 0.15) is 11.3 Å². The van der Waals surface area contributed by atoms with Crippen LogP contribution in [0.1, 0.15) is 10.4 Å². The average molecular weight is 301 g/mol. The Morgan fingerprint density at radius 3 is 2.76 bits per heavy atom. The van der Waals surface area contributed by atoms with Crippen molar-refractivity contribution in [2.45, 2.75) is 0 Å². The Morgan fingerprint density at radius 2 is 1.95 bits per heavy atom. The molecular weight excluding hydrogens is 292 g/mol. The first-order valence-electron chi connectivity index (χ1n) is 6.06. The lowest BCUT2D eigenvalue weighted by Crippen LogP contribution is -2.00. The van der Waals surface area contributed by atoms with Gasteiger partial charge in [0, 0.05) is 10.4 Å². The standard InChI is InChI=1S/C15H9ClN2O3/c16-9-5-6-13(11(7-9)15(19)20)21-14-8-17-18-12-4-2-1-3-10(12)14/h1-8H,(H,19,20). The van der Waals surface area contributed by atoms with Gasteiger partial charge < -0.3 is 9.84 Å². The van der Waals surface area contributed by atoms with Crippen molar-refractivity contribution >= 4 is 28.5 Å². The van der Waals surface area contributed by atoms with Gasteiger partial charge in [-0.25, -0.2) is 4.79 Å². The molecule has 0 atom stereocenters. The third-order valence-corrected chi connectivity index (χ3v) is 3.14. The van der Waals surface area contributed by atoms with Gasteiger partial charge in [0.2, 0.25) is 0 Å². The number of hydrogen-bond acceptors (Lipinski definition) is 4. The fourth-order valence-electron chi connectivity index (χ4n) is 1.94. The van der Waals surface area contributed by atoms with E-state index in [2.05, 4.69) is 10.2 Å². The Hall–Kier alpha value is -2.66. The average Bonchev–Trinajstić information content (AvgIpc) is 2.49. The van der Waals surface area contributed by atoms with Crippen LogP contribution in [0.15, 0.2) is 48.7 Å². The minimum Gasteiger partial charge on any atom is -0.478 e. The molecule has 0 amide bonds. The Morgan fingerprint density at radius 1 is 1.14 bits per heavy atom. The van der Waals surface area contributed by atoms with E-state index < -0.39 is 5.97 Å². The lowest BCUT2D eigenvalue weighted by molar-refractivity contribution is 0.0694. The molecule has 0 radical (unpaired) electrons. The molecule has 3 rings (SSSR count).